The largest absolute Gasteiger partial charge is 0.346 e. The maximum absolute atomic E-state index is 4.54. The molecular weight excluding hydrogens is 236 g/mol. The van der Waals surface area contributed by atoms with Crippen LogP contribution >= 0.6 is 0 Å². The highest BCUT2D eigenvalue weighted by atomic mass is 15.2. The minimum Gasteiger partial charge on any atom is -0.346 e. The van der Waals surface area contributed by atoms with Gasteiger partial charge in [-0.05, 0) is 25.3 Å². The third kappa shape index (κ3) is 3.28. The van der Waals surface area contributed by atoms with Crippen LogP contribution in [0.25, 0.3) is 0 Å². The van der Waals surface area contributed by atoms with E-state index in [1.807, 2.05) is 18.2 Å². The third-order valence-corrected chi connectivity index (χ3v) is 3.15. The van der Waals surface area contributed by atoms with Gasteiger partial charge in [0.15, 0.2) is 0 Å². The van der Waals surface area contributed by atoms with Gasteiger partial charge in [0.25, 0.3) is 0 Å². The molecule has 4 nitrogen and oxygen atoms in total. The molecule has 4 heteroatoms. The third-order valence-electron chi connectivity index (χ3n) is 3.15. The average molecular weight is 256 g/mol. The van der Waals surface area contributed by atoms with Gasteiger partial charge >= 0.3 is 0 Å². The summed E-state index contributed by atoms with van der Waals surface area (Å²) < 4.78 is 0. The summed E-state index contributed by atoms with van der Waals surface area (Å²) in [6.07, 6.45) is 1.75. The van der Waals surface area contributed by atoms with Crippen LogP contribution in [0.1, 0.15) is 43.8 Å². The summed E-state index contributed by atoms with van der Waals surface area (Å²) in [6.45, 7) is 6.26. The van der Waals surface area contributed by atoms with Gasteiger partial charge in [-0.15, -0.1) is 5.10 Å². The molecular formula is C15H20N4. The van der Waals surface area contributed by atoms with Gasteiger partial charge in [-0.25, -0.2) is 4.98 Å². The molecule has 2 rings (SSSR count). The Morgan fingerprint density at radius 1 is 1.00 bits per heavy atom. The van der Waals surface area contributed by atoms with E-state index in [1.54, 1.807) is 0 Å². The Kier molecular flexibility index (Phi) is 4.44. The minimum atomic E-state index is 0.167. The number of nitrogens with zero attached hydrogens (tertiary/aromatic N) is 3. The van der Waals surface area contributed by atoms with Crippen molar-refractivity contribution in [1.82, 2.24) is 15.2 Å². The summed E-state index contributed by atoms with van der Waals surface area (Å²) in [7, 11) is 0. The molecule has 0 aliphatic carbocycles. The number of aromatic nitrogens is 3. The monoisotopic (exact) mass is 256 g/mol. The fourth-order valence-electron chi connectivity index (χ4n) is 2.02. The maximum Gasteiger partial charge on any atom is 0.243 e. The van der Waals surface area contributed by atoms with Gasteiger partial charge in [0.1, 0.15) is 0 Å². The highest BCUT2D eigenvalue weighted by Crippen LogP contribution is 2.16. The predicted molar refractivity (Wildman–Crippen MR) is 77.1 cm³/mol. The van der Waals surface area contributed by atoms with E-state index in [1.165, 1.54) is 5.56 Å². The van der Waals surface area contributed by atoms with Crippen molar-refractivity contribution >= 4 is 5.95 Å². The van der Waals surface area contributed by atoms with Crippen LogP contribution in [-0.2, 0) is 12.8 Å². The van der Waals surface area contributed by atoms with Crippen molar-refractivity contribution in [3.8, 4) is 0 Å². The Morgan fingerprint density at radius 2 is 1.68 bits per heavy atom. The molecule has 0 amide bonds. The van der Waals surface area contributed by atoms with Crippen molar-refractivity contribution < 1.29 is 0 Å². The lowest BCUT2D eigenvalue weighted by Crippen LogP contribution is -2.12. The van der Waals surface area contributed by atoms with Gasteiger partial charge in [-0.3, -0.25) is 0 Å². The van der Waals surface area contributed by atoms with E-state index in [4.69, 9.17) is 0 Å². The maximum atomic E-state index is 4.54. The highest BCUT2D eigenvalue weighted by Gasteiger charge is 2.09. The molecule has 0 bridgehead atoms. The number of rotatable bonds is 5. The van der Waals surface area contributed by atoms with Gasteiger partial charge in [-0.1, -0.05) is 44.2 Å². The molecule has 1 N–H and O–H groups in total. The summed E-state index contributed by atoms with van der Waals surface area (Å²) in [5.74, 6) is 0.602. The van der Waals surface area contributed by atoms with E-state index in [9.17, 15) is 0 Å². The lowest BCUT2D eigenvalue weighted by atomic mass is 10.1. The lowest BCUT2D eigenvalue weighted by molar-refractivity contribution is 0.790. The first-order chi connectivity index (χ1) is 9.24. The second-order valence-corrected chi connectivity index (χ2v) is 4.51. The molecule has 0 aliphatic heterocycles. The molecule has 1 aromatic carbocycles. The summed E-state index contributed by atoms with van der Waals surface area (Å²) in [5.41, 5.74) is 3.23. The van der Waals surface area contributed by atoms with Crippen molar-refractivity contribution in [2.75, 3.05) is 5.32 Å². The molecule has 0 fully saturated rings. The van der Waals surface area contributed by atoms with E-state index < -0.39 is 0 Å². The Bertz CT molecular complexity index is 525. The molecule has 19 heavy (non-hydrogen) atoms. The number of aryl methyl sites for hydroxylation is 2. The number of nitrogens with one attached hydrogen (secondary N) is 1. The van der Waals surface area contributed by atoms with Crippen LogP contribution in [0.2, 0.25) is 0 Å². The molecule has 0 saturated heterocycles. The van der Waals surface area contributed by atoms with Gasteiger partial charge in [0, 0.05) is 0 Å². The highest BCUT2D eigenvalue weighted by molar-refractivity contribution is 5.31. The molecule has 0 spiro atoms. The van der Waals surface area contributed by atoms with Crippen molar-refractivity contribution in [1.29, 1.82) is 0 Å². The Labute approximate surface area is 114 Å². The fourth-order valence-corrected chi connectivity index (χ4v) is 2.02. The number of benzene rings is 1. The van der Waals surface area contributed by atoms with E-state index in [-0.39, 0.29) is 6.04 Å². The molecule has 0 radical (unpaired) electrons. The Hall–Kier alpha value is -1.97. The van der Waals surface area contributed by atoms with Crippen LogP contribution in [0.3, 0.4) is 0 Å². The van der Waals surface area contributed by atoms with Gasteiger partial charge in [-0.2, -0.15) is 5.10 Å². The summed E-state index contributed by atoms with van der Waals surface area (Å²) in [4.78, 5) is 4.54. The fraction of sp³-hybridized carbons (Fsp3) is 0.400. The molecule has 100 valence electrons. The Balaban J connectivity index is 2.15. The van der Waals surface area contributed by atoms with Crippen LogP contribution in [0.4, 0.5) is 5.95 Å². The zero-order chi connectivity index (χ0) is 13.7. The molecule has 1 unspecified atom stereocenters. The summed E-state index contributed by atoms with van der Waals surface area (Å²) in [5, 5.41) is 11.7. The quantitative estimate of drug-likeness (QED) is 0.892. The first-order valence-electron chi connectivity index (χ1n) is 6.78. The first-order valence-corrected chi connectivity index (χ1v) is 6.78. The van der Waals surface area contributed by atoms with Crippen molar-refractivity contribution in [2.45, 2.75) is 39.7 Å². The van der Waals surface area contributed by atoms with Crippen molar-refractivity contribution in [3.05, 3.63) is 47.3 Å². The molecule has 0 aliphatic rings. The van der Waals surface area contributed by atoms with E-state index in [0.29, 0.717) is 5.95 Å². The van der Waals surface area contributed by atoms with E-state index >= 15 is 0 Å². The number of anilines is 1. The van der Waals surface area contributed by atoms with Gasteiger partial charge in [0.2, 0.25) is 5.95 Å². The van der Waals surface area contributed by atoms with Gasteiger partial charge in [0.05, 0.1) is 17.4 Å². The number of hydrogen-bond donors (Lipinski definition) is 1. The van der Waals surface area contributed by atoms with Gasteiger partial charge < -0.3 is 5.32 Å². The van der Waals surface area contributed by atoms with Crippen LogP contribution < -0.4 is 5.32 Å². The predicted octanol–water partition coefficient (Wildman–Crippen LogP) is 3.17. The second kappa shape index (κ2) is 6.27. The second-order valence-electron chi connectivity index (χ2n) is 4.51. The molecule has 2 aromatic rings. The average Bonchev–Trinajstić information content (AvgIpc) is 2.48. The number of hydrogen-bond acceptors (Lipinski definition) is 4. The molecule has 0 saturated carbocycles. The van der Waals surface area contributed by atoms with Crippen molar-refractivity contribution in [2.24, 2.45) is 0 Å². The van der Waals surface area contributed by atoms with Crippen LogP contribution in [0.5, 0.6) is 0 Å². The topological polar surface area (TPSA) is 50.7 Å². The first kappa shape index (κ1) is 13.5. The van der Waals surface area contributed by atoms with E-state index in [2.05, 4.69) is 53.4 Å². The normalized spacial score (nSPS) is 12.2. The smallest absolute Gasteiger partial charge is 0.243 e. The minimum absolute atomic E-state index is 0.167. The Morgan fingerprint density at radius 3 is 2.32 bits per heavy atom. The summed E-state index contributed by atoms with van der Waals surface area (Å²) >= 11 is 0. The van der Waals surface area contributed by atoms with Crippen LogP contribution in [0, 0.1) is 0 Å². The van der Waals surface area contributed by atoms with Crippen molar-refractivity contribution in [3.63, 3.8) is 0 Å². The van der Waals surface area contributed by atoms with Crippen LogP contribution in [-0.4, -0.2) is 15.2 Å². The summed E-state index contributed by atoms with van der Waals surface area (Å²) in [6, 6.07) is 10.4. The van der Waals surface area contributed by atoms with E-state index in [0.717, 1.165) is 24.2 Å². The zero-order valence-electron chi connectivity index (χ0n) is 11.7. The standard InChI is InChI=1S/C15H20N4/c1-4-13-14(5-2)18-19-15(17-13)16-11(3)12-9-7-6-8-10-12/h6-11H,4-5H2,1-3H3,(H,16,17,19). The zero-order valence-corrected chi connectivity index (χ0v) is 11.7. The molecule has 1 aromatic heterocycles. The van der Waals surface area contributed by atoms with Crippen LogP contribution in [0.15, 0.2) is 30.3 Å². The SMILES string of the molecule is CCc1nnc(NC(C)c2ccccc2)nc1CC. The lowest BCUT2D eigenvalue weighted by Gasteiger charge is -2.14. The molecule has 1 heterocycles. The molecule has 1 atom stereocenters.